The molecule has 0 fully saturated rings. The summed E-state index contributed by atoms with van der Waals surface area (Å²) in [6.45, 7) is 3.86. The van der Waals surface area contributed by atoms with Crippen molar-refractivity contribution in [2.24, 2.45) is 0 Å². The summed E-state index contributed by atoms with van der Waals surface area (Å²) >= 11 is 2.96. The van der Waals surface area contributed by atoms with Crippen LogP contribution in [0.3, 0.4) is 0 Å². The highest BCUT2D eigenvalue weighted by Gasteiger charge is 2.20. The van der Waals surface area contributed by atoms with E-state index in [1.54, 1.807) is 40.3 Å². The molecule has 1 aromatic carbocycles. The largest absolute Gasteiger partial charge is 0.326 e. The first kappa shape index (κ1) is 18.3. The average Bonchev–Trinajstić information content (AvgIpc) is 3.27. The SMILES string of the molecule is CC(=O)Nc1ccc(C(=O)[C@@H](C)Sc2nnnn2Cc2cccs2)cc1. The van der Waals surface area contributed by atoms with Crippen molar-refractivity contribution >= 4 is 40.5 Å². The molecule has 1 N–H and O–H groups in total. The maximum absolute atomic E-state index is 12.6. The molecule has 0 radical (unpaired) electrons. The number of ketones is 1. The molecule has 1 amide bonds. The van der Waals surface area contributed by atoms with E-state index in [-0.39, 0.29) is 16.9 Å². The van der Waals surface area contributed by atoms with Gasteiger partial charge in [-0.25, -0.2) is 4.68 Å². The van der Waals surface area contributed by atoms with Crippen LogP contribution >= 0.6 is 23.1 Å². The van der Waals surface area contributed by atoms with E-state index >= 15 is 0 Å². The predicted octanol–water partition coefficient (Wildman–Crippen LogP) is 3.10. The molecule has 7 nitrogen and oxygen atoms in total. The second-order valence-corrected chi connectivity index (χ2v) is 7.92. The summed E-state index contributed by atoms with van der Waals surface area (Å²) in [5.41, 5.74) is 1.24. The van der Waals surface area contributed by atoms with Gasteiger partial charge in [0.2, 0.25) is 11.1 Å². The van der Waals surface area contributed by atoms with Gasteiger partial charge in [-0.3, -0.25) is 9.59 Å². The van der Waals surface area contributed by atoms with Gasteiger partial charge in [0.15, 0.2) is 5.78 Å². The number of benzene rings is 1. The van der Waals surface area contributed by atoms with Gasteiger partial charge in [-0.2, -0.15) is 0 Å². The molecule has 0 bridgehead atoms. The maximum atomic E-state index is 12.6. The molecule has 2 heterocycles. The third-order valence-electron chi connectivity index (χ3n) is 3.53. The molecular formula is C17H17N5O2S2. The van der Waals surface area contributed by atoms with E-state index < -0.39 is 0 Å². The van der Waals surface area contributed by atoms with Crippen LogP contribution in [0.25, 0.3) is 0 Å². The number of thiophene rings is 1. The smallest absolute Gasteiger partial charge is 0.221 e. The van der Waals surface area contributed by atoms with Crippen LogP contribution in [0.5, 0.6) is 0 Å². The Morgan fingerprint density at radius 1 is 1.27 bits per heavy atom. The summed E-state index contributed by atoms with van der Waals surface area (Å²) in [5.74, 6) is -0.166. The lowest BCUT2D eigenvalue weighted by molar-refractivity contribution is -0.114. The third kappa shape index (κ3) is 4.55. The zero-order valence-electron chi connectivity index (χ0n) is 14.2. The van der Waals surface area contributed by atoms with Gasteiger partial charge in [0.05, 0.1) is 11.8 Å². The lowest BCUT2D eigenvalue weighted by Gasteiger charge is -2.10. The van der Waals surface area contributed by atoms with Crippen molar-refractivity contribution in [2.45, 2.75) is 30.8 Å². The Morgan fingerprint density at radius 2 is 2.04 bits per heavy atom. The second kappa shape index (κ2) is 8.24. The Bertz CT molecular complexity index is 890. The van der Waals surface area contributed by atoms with Crippen LogP contribution in [-0.2, 0) is 11.3 Å². The summed E-state index contributed by atoms with van der Waals surface area (Å²) in [6.07, 6.45) is 0. The molecule has 0 aliphatic carbocycles. The lowest BCUT2D eigenvalue weighted by Crippen LogP contribution is -2.15. The molecule has 3 aromatic rings. The highest BCUT2D eigenvalue weighted by atomic mass is 32.2. The molecule has 0 aliphatic rings. The summed E-state index contributed by atoms with van der Waals surface area (Å²) in [5, 5.41) is 16.7. The highest BCUT2D eigenvalue weighted by Crippen LogP contribution is 2.25. The summed E-state index contributed by atoms with van der Waals surface area (Å²) < 4.78 is 1.69. The van der Waals surface area contributed by atoms with Crippen molar-refractivity contribution in [1.82, 2.24) is 20.2 Å². The van der Waals surface area contributed by atoms with Crippen LogP contribution < -0.4 is 5.32 Å². The Hall–Kier alpha value is -2.52. The quantitative estimate of drug-likeness (QED) is 0.495. The molecule has 2 aromatic heterocycles. The number of thioether (sulfide) groups is 1. The predicted molar refractivity (Wildman–Crippen MR) is 102 cm³/mol. The number of tetrazole rings is 1. The van der Waals surface area contributed by atoms with E-state index in [0.717, 1.165) is 4.88 Å². The Labute approximate surface area is 158 Å². The first-order valence-corrected chi connectivity index (χ1v) is 9.66. The minimum atomic E-state index is -0.338. The van der Waals surface area contributed by atoms with Crippen LogP contribution in [0.1, 0.15) is 29.1 Å². The highest BCUT2D eigenvalue weighted by molar-refractivity contribution is 8.00. The topological polar surface area (TPSA) is 89.8 Å². The average molecular weight is 387 g/mol. The molecule has 134 valence electrons. The van der Waals surface area contributed by atoms with Crippen molar-refractivity contribution in [3.05, 3.63) is 52.2 Å². The summed E-state index contributed by atoms with van der Waals surface area (Å²) in [7, 11) is 0. The maximum Gasteiger partial charge on any atom is 0.221 e. The zero-order chi connectivity index (χ0) is 18.5. The van der Waals surface area contributed by atoms with E-state index in [0.29, 0.717) is 23.0 Å². The molecule has 9 heteroatoms. The molecular weight excluding hydrogens is 370 g/mol. The number of anilines is 1. The number of hydrogen-bond donors (Lipinski definition) is 1. The summed E-state index contributed by atoms with van der Waals surface area (Å²) in [4.78, 5) is 24.9. The summed E-state index contributed by atoms with van der Waals surface area (Å²) in [6, 6.07) is 10.8. The van der Waals surface area contributed by atoms with Gasteiger partial charge >= 0.3 is 0 Å². The van der Waals surface area contributed by atoms with Crippen LogP contribution in [0, 0.1) is 0 Å². The van der Waals surface area contributed by atoms with Crippen molar-refractivity contribution in [2.75, 3.05) is 5.32 Å². The van der Waals surface area contributed by atoms with Crippen molar-refractivity contribution < 1.29 is 9.59 Å². The number of hydrogen-bond acceptors (Lipinski definition) is 7. The minimum Gasteiger partial charge on any atom is -0.326 e. The van der Waals surface area contributed by atoms with E-state index in [2.05, 4.69) is 20.8 Å². The van der Waals surface area contributed by atoms with Crippen molar-refractivity contribution in [3.63, 3.8) is 0 Å². The monoisotopic (exact) mass is 387 g/mol. The van der Waals surface area contributed by atoms with E-state index in [4.69, 9.17) is 0 Å². The Balaban J connectivity index is 1.66. The number of carbonyl (C=O) groups excluding carboxylic acids is 2. The third-order valence-corrected chi connectivity index (χ3v) is 5.46. The molecule has 0 spiro atoms. The molecule has 3 rings (SSSR count). The molecule has 26 heavy (non-hydrogen) atoms. The number of nitrogens with zero attached hydrogens (tertiary/aromatic N) is 4. The van der Waals surface area contributed by atoms with E-state index in [1.807, 2.05) is 24.4 Å². The molecule has 0 aliphatic heterocycles. The van der Waals surface area contributed by atoms with Gasteiger partial charge in [-0.05, 0) is 53.1 Å². The number of aromatic nitrogens is 4. The molecule has 0 unspecified atom stereocenters. The van der Waals surface area contributed by atoms with Gasteiger partial charge in [0.1, 0.15) is 0 Å². The minimum absolute atomic E-state index is 0.0185. The first-order valence-electron chi connectivity index (χ1n) is 7.90. The van der Waals surface area contributed by atoms with E-state index in [1.165, 1.54) is 18.7 Å². The van der Waals surface area contributed by atoms with Crippen molar-refractivity contribution in [1.29, 1.82) is 0 Å². The van der Waals surface area contributed by atoms with E-state index in [9.17, 15) is 9.59 Å². The lowest BCUT2D eigenvalue weighted by atomic mass is 10.1. The zero-order valence-corrected chi connectivity index (χ0v) is 15.9. The normalized spacial score (nSPS) is 11.9. The Kier molecular flexibility index (Phi) is 5.79. The number of rotatable bonds is 7. The fraction of sp³-hybridized carbons (Fsp3) is 0.235. The Morgan fingerprint density at radius 3 is 2.69 bits per heavy atom. The van der Waals surface area contributed by atoms with Crippen LogP contribution in [0.4, 0.5) is 5.69 Å². The molecule has 0 saturated carbocycles. The van der Waals surface area contributed by atoms with Gasteiger partial charge in [-0.15, -0.1) is 16.4 Å². The number of Topliss-reactive ketones (excluding diaryl/α,β-unsaturated/α-hetero) is 1. The van der Waals surface area contributed by atoms with Gasteiger partial charge < -0.3 is 5.32 Å². The number of carbonyl (C=O) groups is 2. The molecule has 1 atom stereocenters. The fourth-order valence-corrected chi connectivity index (χ4v) is 3.85. The van der Waals surface area contributed by atoms with Crippen molar-refractivity contribution in [3.8, 4) is 0 Å². The number of amides is 1. The first-order chi connectivity index (χ1) is 12.5. The van der Waals surface area contributed by atoms with Crippen LogP contribution in [0.15, 0.2) is 46.9 Å². The number of nitrogens with one attached hydrogen (secondary N) is 1. The fourth-order valence-electron chi connectivity index (χ4n) is 2.30. The molecule has 0 saturated heterocycles. The standard InChI is InChI=1S/C17H17N5O2S2/c1-11(16(24)13-5-7-14(8-6-13)18-12(2)23)26-17-19-20-21-22(17)10-15-4-3-9-25-15/h3-9,11H,10H2,1-2H3,(H,18,23)/t11-/m1/s1. The van der Waals surface area contributed by atoms with Gasteiger partial charge in [0, 0.05) is 23.1 Å². The van der Waals surface area contributed by atoms with Crippen LogP contribution in [-0.4, -0.2) is 37.1 Å². The van der Waals surface area contributed by atoms with Gasteiger partial charge in [0.25, 0.3) is 0 Å². The van der Waals surface area contributed by atoms with Gasteiger partial charge in [-0.1, -0.05) is 17.8 Å². The van der Waals surface area contributed by atoms with Crippen LogP contribution in [0.2, 0.25) is 0 Å². The second-order valence-electron chi connectivity index (χ2n) is 5.58.